The van der Waals surface area contributed by atoms with E-state index in [0.29, 0.717) is 11.8 Å². The highest BCUT2D eigenvalue weighted by Gasteiger charge is 2.52. The first-order valence-corrected chi connectivity index (χ1v) is 10.1. The highest BCUT2D eigenvalue weighted by molar-refractivity contribution is 5.87. The van der Waals surface area contributed by atoms with Gasteiger partial charge in [0.15, 0.2) is 0 Å². The van der Waals surface area contributed by atoms with Gasteiger partial charge in [-0.2, -0.15) is 0 Å². The summed E-state index contributed by atoms with van der Waals surface area (Å²) in [6.07, 6.45) is 7.15. The van der Waals surface area contributed by atoms with Crippen LogP contribution in [0.4, 0.5) is 0 Å². The van der Waals surface area contributed by atoms with Gasteiger partial charge < -0.3 is 10.6 Å². The third kappa shape index (κ3) is 2.48. The molecule has 4 fully saturated rings. The van der Waals surface area contributed by atoms with Crippen LogP contribution in [-0.2, 0) is 4.79 Å². The summed E-state index contributed by atoms with van der Waals surface area (Å²) < 4.78 is 0. The minimum absolute atomic E-state index is 0.0263. The molecule has 1 atom stereocenters. The van der Waals surface area contributed by atoms with E-state index >= 15 is 0 Å². The van der Waals surface area contributed by atoms with E-state index in [1.54, 1.807) is 0 Å². The molecule has 0 spiro atoms. The number of carbonyl (C=O) groups is 1. The number of carbonyl (C=O) groups excluding carboxylic acids is 1. The van der Waals surface area contributed by atoms with Crippen LogP contribution >= 0.6 is 0 Å². The second-order valence-electron chi connectivity index (χ2n) is 8.95. The van der Waals surface area contributed by atoms with E-state index in [0.717, 1.165) is 58.0 Å². The number of rotatable bonds is 2. The van der Waals surface area contributed by atoms with Gasteiger partial charge in [0.05, 0.1) is 0 Å². The summed E-state index contributed by atoms with van der Waals surface area (Å²) in [6.45, 7) is 1.78. The average Bonchev–Trinajstić information content (AvgIpc) is 3.18. The molecule has 0 aromatic heterocycles. The van der Waals surface area contributed by atoms with Crippen molar-refractivity contribution in [1.29, 1.82) is 0 Å². The van der Waals surface area contributed by atoms with Crippen molar-refractivity contribution in [1.82, 2.24) is 4.90 Å². The van der Waals surface area contributed by atoms with Crippen molar-refractivity contribution in [2.24, 2.45) is 11.1 Å². The third-order valence-corrected chi connectivity index (χ3v) is 7.50. The zero-order chi connectivity index (χ0) is 17.8. The summed E-state index contributed by atoms with van der Waals surface area (Å²) in [7, 11) is 0. The Morgan fingerprint density at radius 3 is 2.42 bits per heavy atom. The molecule has 2 N–H and O–H groups in total. The quantitative estimate of drug-likeness (QED) is 0.884. The number of benzene rings is 2. The van der Waals surface area contributed by atoms with Crippen LogP contribution in [0.3, 0.4) is 0 Å². The van der Waals surface area contributed by atoms with Crippen molar-refractivity contribution in [3.8, 4) is 0 Å². The smallest absolute Gasteiger partial charge is 0.228 e. The van der Waals surface area contributed by atoms with Crippen molar-refractivity contribution in [2.45, 2.75) is 56.4 Å². The Kier molecular flexibility index (Phi) is 3.65. The fourth-order valence-electron chi connectivity index (χ4n) is 5.68. The van der Waals surface area contributed by atoms with E-state index in [4.69, 9.17) is 5.73 Å². The SMILES string of the molecule is NC12CCC(C(=O)N3CCC(c4cccc5ccccc45)C3)(CC1)CC2. The first-order valence-electron chi connectivity index (χ1n) is 10.1. The summed E-state index contributed by atoms with van der Waals surface area (Å²) in [5, 5.41) is 2.64. The summed E-state index contributed by atoms with van der Waals surface area (Å²) in [4.78, 5) is 15.6. The Balaban J connectivity index is 1.37. The first-order chi connectivity index (χ1) is 12.6. The lowest BCUT2D eigenvalue weighted by Gasteiger charge is -2.51. The molecule has 3 heteroatoms. The van der Waals surface area contributed by atoms with Crippen LogP contribution in [0, 0.1) is 5.41 Å². The zero-order valence-electron chi connectivity index (χ0n) is 15.4. The molecule has 1 saturated heterocycles. The number of amides is 1. The lowest BCUT2D eigenvalue weighted by Crippen LogP contribution is -2.56. The maximum absolute atomic E-state index is 13.4. The third-order valence-electron chi connectivity index (χ3n) is 7.50. The van der Waals surface area contributed by atoms with Gasteiger partial charge in [-0.15, -0.1) is 0 Å². The maximum atomic E-state index is 13.4. The molecule has 3 aliphatic carbocycles. The highest BCUT2D eigenvalue weighted by atomic mass is 16.2. The molecule has 3 nitrogen and oxygen atoms in total. The number of nitrogens with two attached hydrogens (primary N) is 1. The lowest BCUT2D eigenvalue weighted by molar-refractivity contribution is -0.147. The molecule has 6 rings (SSSR count). The number of hydrogen-bond acceptors (Lipinski definition) is 2. The molecule has 1 aliphatic heterocycles. The zero-order valence-corrected chi connectivity index (χ0v) is 15.4. The van der Waals surface area contributed by atoms with Gasteiger partial charge in [-0.25, -0.2) is 0 Å². The molecular weight excluding hydrogens is 320 g/mol. The molecule has 1 heterocycles. The van der Waals surface area contributed by atoms with Crippen molar-refractivity contribution in [2.75, 3.05) is 13.1 Å². The lowest BCUT2D eigenvalue weighted by atomic mass is 9.57. The molecule has 1 amide bonds. The van der Waals surface area contributed by atoms with Crippen LogP contribution in [0.25, 0.3) is 10.8 Å². The van der Waals surface area contributed by atoms with Crippen molar-refractivity contribution in [3.05, 3.63) is 48.0 Å². The minimum Gasteiger partial charge on any atom is -0.342 e. The molecule has 2 bridgehead atoms. The number of hydrogen-bond donors (Lipinski definition) is 1. The molecule has 3 saturated carbocycles. The predicted molar refractivity (Wildman–Crippen MR) is 105 cm³/mol. The van der Waals surface area contributed by atoms with Gasteiger partial charge in [0, 0.05) is 30.0 Å². The number of fused-ring (bicyclic) bond motifs is 4. The standard InChI is InChI=1S/C23H28N2O/c24-23-12-9-22(10-13-23,11-14-23)21(26)25-15-8-18(16-25)20-7-3-5-17-4-1-2-6-19(17)20/h1-7,18H,8-16,24H2. The van der Waals surface area contributed by atoms with Crippen LogP contribution in [0.15, 0.2) is 42.5 Å². The fourth-order valence-corrected chi connectivity index (χ4v) is 5.68. The Morgan fingerprint density at radius 1 is 0.962 bits per heavy atom. The topological polar surface area (TPSA) is 46.3 Å². The summed E-state index contributed by atoms with van der Waals surface area (Å²) in [6, 6.07) is 15.2. The second-order valence-corrected chi connectivity index (χ2v) is 8.95. The van der Waals surface area contributed by atoms with E-state index in [1.165, 1.54) is 16.3 Å². The Labute approximate surface area is 155 Å². The minimum atomic E-state index is -0.102. The van der Waals surface area contributed by atoms with E-state index in [1.807, 2.05) is 0 Å². The average molecular weight is 348 g/mol. The normalized spacial score (nSPS) is 33.7. The Hall–Kier alpha value is -1.87. The molecular formula is C23H28N2O. The van der Waals surface area contributed by atoms with Gasteiger partial charge >= 0.3 is 0 Å². The molecule has 4 aliphatic rings. The van der Waals surface area contributed by atoms with Gasteiger partial charge in [0.25, 0.3) is 0 Å². The summed E-state index contributed by atoms with van der Waals surface area (Å²) in [5.74, 6) is 0.879. The fraction of sp³-hybridized carbons (Fsp3) is 0.522. The first kappa shape index (κ1) is 16.3. The number of nitrogens with zero attached hydrogens (tertiary/aromatic N) is 1. The monoisotopic (exact) mass is 348 g/mol. The van der Waals surface area contributed by atoms with Crippen molar-refractivity contribution >= 4 is 16.7 Å². The maximum Gasteiger partial charge on any atom is 0.228 e. The molecule has 136 valence electrons. The van der Waals surface area contributed by atoms with Crippen LogP contribution in [0.5, 0.6) is 0 Å². The van der Waals surface area contributed by atoms with Gasteiger partial charge in [-0.1, -0.05) is 42.5 Å². The molecule has 2 aromatic rings. The summed E-state index contributed by atoms with van der Waals surface area (Å²) in [5.41, 5.74) is 7.77. The van der Waals surface area contributed by atoms with Crippen molar-refractivity contribution in [3.63, 3.8) is 0 Å². The van der Waals surface area contributed by atoms with E-state index < -0.39 is 0 Å². The van der Waals surface area contributed by atoms with Crippen molar-refractivity contribution < 1.29 is 4.79 Å². The highest BCUT2D eigenvalue weighted by Crippen LogP contribution is 2.52. The second kappa shape index (κ2) is 5.82. The molecule has 26 heavy (non-hydrogen) atoms. The van der Waals surface area contributed by atoms with Gasteiger partial charge in [0.1, 0.15) is 0 Å². The van der Waals surface area contributed by atoms with E-state index in [9.17, 15) is 4.79 Å². The number of likely N-dealkylation sites (tertiary alicyclic amines) is 1. The Morgan fingerprint density at radius 2 is 1.65 bits per heavy atom. The molecule has 0 radical (unpaired) electrons. The largest absolute Gasteiger partial charge is 0.342 e. The van der Waals surface area contributed by atoms with Crippen LogP contribution < -0.4 is 5.73 Å². The molecule has 1 unspecified atom stereocenters. The molecule has 2 aromatic carbocycles. The van der Waals surface area contributed by atoms with Gasteiger partial charge in [-0.05, 0) is 61.3 Å². The van der Waals surface area contributed by atoms with E-state index in [-0.39, 0.29) is 11.0 Å². The van der Waals surface area contributed by atoms with Crippen LogP contribution in [0.2, 0.25) is 0 Å². The van der Waals surface area contributed by atoms with Gasteiger partial charge in [-0.3, -0.25) is 4.79 Å². The Bertz CT molecular complexity index is 828. The van der Waals surface area contributed by atoms with Crippen LogP contribution in [0.1, 0.15) is 56.4 Å². The van der Waals surface area contributed by atoms with Gasteiger partial charge in [0.2, 0.25) is 5.91 Å². The van der Waals surface area contributed by atoms with Crippen LogP contribution in [-0.4, -0.2) is 29.4 Å². The summed E-state index contributed by atoms with van der Waals surface area (Å²) >= 11 is 0. The predicted octanol–water partition coefficient (Wildman–Crippen LogP) is 4.21. The van der Waals surface area contributed by atoms with E-state index in [2.05, 4.69) is 47.4 Å².